The van der Waals surface area contributed by atoms with Crippen molar-refractivity contribution in [2.45, 2.75) is 0 Å². The number of nitrogens with zero attached hydrogens (tertiary/aromatic N) is 4. The van der Waals surface area contributed by atoms with Crippen molar-refractivity contribution < 1.29 is 9.90 Å². The van der Waals surface area contributed by atoms with Crippen LogP contribution < -0.4 is 4.90 Å². The second kappa shape index (κ2) is 4.87. The molecule has 7 nitrogen and oxygen atoms in total. The number of nitrogens with one attached hydrogen (secondary N) is 1. The quantitative estimate of drug-likeness (QED) is 0.716. The molecular formula is C15H15N5O2. The van der Waals surface area contributed by atoms with Gasteiger partial charge in [0.05, 0.1) is 11.7 Å². The summed E-state index contributed by atoms with van der Waals surface area (Å²) in [5.74, 6) is 0. The molecule has 1 fully saturated rings. The molecular weight excluding hydrogens is 282 g/mol. The van der Waals surface area contributed by atoms with Crippen LogP contribution >= 0.6 is 0 Å². The fourth-order valence-corrected chi connectivity index (χ4v) is 3.04. The van der Waals surface area contributed by atoms with E-state index in [1.165, 1.54) is 4.90 Å². The number of amides is 1. The van der Waals surface area contributed by atoms with E-state index in [-0.39, 0.29) is 0 Å². The lowest BCUT2D eigenvalue weighted by Gasteiger charge is -2.35. The van der Waals surface area contributed by atoms with Gasteiger partial charge in [-0.3, -0.25) is 0 Å². The number of H-pyrrole nitrogens is 1. The average molecular weight is 297 g/mol. The third-order valence-electron chi connectivity index (χ3n) is 4.16. The minimum Gasteiger partial charge on any atom is -0.465 e. The van der Waals surface area contributed by atoms with Crippen LogP contribution in [0.2, 0.25) is 0 Å². The number of carboxylic acid groups (broad SMARTS) is 1. The van der Waals surface area contributed by atoms with Crippen molar-refractivity contribution in [1.82, 2.24) is 19.9 Å². The molecule has 2 N–H and O–H groups in total. The van der Waals surface area contributed by atoms with Crippen molar-refractivity contribution in [3.05, 3.63) is 30.7 Å². The van der Waals surface area contributed by atoms with Crippen LogP contribution in [0.15, 0.2) is 30.7 Å². The van der Waals surface area contributed by atoms with Crippen molar-refractivity contribution >= 4 is 33.7 Å². The van der Waals surface area contributed by atoms with Crippen LogP contribution in [0.1, 0.15) is 0 Å². The zero-order valence-electron chi connectivity index (χ0n) is 11.9. The number of piperazine rings is 1. The van der Waals surface area contributed by atoms with Crippen LogP contribution in [-0.4, -0.2) is 57.2 Å². The Kier molecular flexibility index (Phi) is 2.85. The summed E-state index contributed by atoms with van der Waals surface area (Å²) < 4.78 is 0. The fraction of sp³-hybridized carbons (Fsp3) is 0.267. The SMILES string of the molecule is O=C(O)N1CCN(c2cc[nH]c3cnc4nccc4c23)CC1. The molecule has 4 heterocycles. The van der Waals surface area contributed by atoms with Gasteiger partial charge in [-0.15, -0.1) is 0 Å². The van der Waals surface area contributed by atoms with E-state index >= 15 is 0 Å². The molecule has 0 saturated carbocycles. The Hall–Kier alpha value is -2.83. The number of fused-ring (bicyclic) bond motifs is 3. The fourth-order valence-electron chi connectivity index (χ4n) is 3.04. The predicted molar refractivity (Wildman–Crippen MR) is 83.2 cm³/mol. The summed E-state index contributed by atoms with van der Waals surface area (Å²) in [6.45, 7) is 2.40. The number of rotatable bonds is 1. The van der Waals surface area contributed by atoms with E-state index in [2.05, 4.69) is 19.9 Å². The standard InChI is InChI=1S/C15H15N5O2/c21-15(22)20-7-5-19(6-8-20)12-2-4-16-11-9-18-14-10(13(11)12)1-3-17-14/h1-4,9,16H,5-8H2,(H,21,22). The van der Waals surface area contributed by atoms with Gasteiger partial charge < -0.3 is 19.9 Å². The van der Waals surface area contributed by atoms with Crippen molar-refractivity contribution in [2.24, 2.45) is 0 Å². The van der Waals surface area contributed by atoms with Crippen LogP contribution in [0.5, 0.6) is 0 Å². The molecule has 0 unspecified atom stereocenters. The molecule has 0 radical (unpaired) electrons. The molecule has 0 spiro atoms. The summed E-state index contributed by atoms with van der Waals surface area (Å²) in [6, 6.07) is 4.00. The van der Waals surface area contributed by atoms with E-state index in [9.17, 15) is 4.79 Å². The summed E-state index contributed by atoms with van der Waals surface area (Å²) in [7, 11) is 0. The Morgan fingerprint density at radius 2 is 2.00 bits per heavy atom. The molecule has 0 aliphatic carbocycles. The molecule has 1 aliphatic heterocycles. The topological polar surface area (TPSA) is 85.4 Å². The Labute approximate surface area is 126 Å². The highest BCUT2D eigenvalue weighted by atomic mass is 16.4. The first-order valence-corrected chi connectivity index (χ1v) is 7.17. The number of hydrogen-bond acceptors (Lipinski definition) is 4. The molecule has 0 atom stereocenters. The molecule has 112 valence electrons. The third-order valence-corrected chi connectivity index (χ3v) is 4.16. The van der Waals surface area contributed by atoms with Gasteiger partial charge in [0.2, 0.25) is 0 Å². The van der Waals surface area contributed by atoms with Gasteiger partial charge in [-0.25, -0.2) is 14.8 Å². The molecule has 0 aromatic carbocycles. The minimum atomic E-state index is -0.849. The van der Waals surface area contributed by atoms with Gasteiger partial charge in [0.25, 0.3) is 0 Å². The average Bonchev–Trinajstić information content (AvgIpc) is 3.03. The summed E-state index contributed by atoms with van der Waals surface area (Å²) in [4.78, 5) is 26.5. The summed E-state index contributed by atoms with van der Waals surface area (Å²) in [5.41, 5.74) is 2.79. The highest BCUT2D eigenvalue weighted by molar-refractivity contribution is 6.09. The van der Waals surface area contributed by atoms with Gasteiger partial charge in [-0.2, -0.15) is 0 Å². The molecule has 1 saturated heterocycles. The van der Waals surface area contributed by atoms with Gasteiger partial charge in [-0.05, 0) is 12.1 Å². The van der Waals surface area contributed by atoms with E-state index < -0.39 is 6.09 Å². The summed E-state index contributed by atoms with van der Waals surface area (Å²) >= 11 is 0. The predicted octanol–water partition coefficient (Wildman–Crippen LogP) is 1.91. The first kappa shape index (κ1) is 12.9. The lowest BCUT2D eigenvalue weighted by Crippen LogP contribution is -2.48. The van der Waals surface area contributed by atoms with Crippen LogP contribution in [-0.2, 0) is 0 Å². The Morgan fingerprint density at radius 3 is 2.77 bits per heavy atom. The van der Waals surface area contributed by atoms with Crippen molar-refractivity contribution in [3.8, 4) is 0 Å². The zero-order chi connectivity index (χ0) is 15.1. The highest BCUT2D eigenvalue weighted by Gasteiger charge is 2.22. The van der Waals surface area contributed by atoms with Gasteiger partial charge in [-0.1, -0.05) is 0 Å². The van der Waals surface area contributed by atoms with E-state index in [1.54, 1.807) is 12.4 Å². The second-order valence-electron chi connectivity index (χ2n) is 5.35. The largest absolute Gasteiger partial charge is 0.465 e. The third kappa shape index (κ3) is 1.93. The molecule has 0 bridgehead atoms. The molecule has 1 amide bonds. The summed E-state index contributed by atoms with van der Waals surface area (Å²) in [6.07, 6.45) is 4.60. The highest BCUT2D eigenvalue weighted by Crippen LogP contribution is 2.31. The number of anilines is 1. The number of aromatic amines is 1. The van der Waals surface area contributed by atoms with Crippen LogP contribution in [0.3, 0.4) is 0 Å². The zero-order valence-corrected chi connectivity index (χ0v) is 11.9. The van der Waals surface area contributed by atoms with Gasteiger partial charge in [0, 0.05) is 55.0 Å². The Morgan fingerprint density at radius 1 is 1.18 bits per heavy atom. The lowest BCUT2D eigenvalue weighted by molar-refractivity contribution is 0.142. The molecule has 3 aromatic rings. The molecule has 22 heavy (non-hydrogen) atoms. The van der Waals surface area contributed by atoms with Gasteiger partial charge >= 0.3 is 6.09 Å². The first-order valence-electron chi connectivity index (χ1n) is 7.17. The summed E-state index contributed by atoms with van der Waals surface area (Å²) in [5, 5.41) is 11.2. The molecule has 3 aromatic heterocycles. The first-order chi connectivity index (χ1) is 10.7. The molecule has 1 aliphatic rings. The van der Waals surface area contributed by atoms with Crippen LogP contribution in [0.25, 0.3) is 21.9 Å². The van der Waals surface area contributed by atoms with Crippen LogP contribution in [0, 0.1) is 0 Å². The second-order valence-corrected chi connectivity index (χ2v) is 5.35. The van der Waals surface area contributed by atoms with E-state index in [1.807, 2.05) is 18.3 Å². The number of pyridine rings is 2. The maximum absolute atomic E-state index is 11.0. The maximum atomic E-state index is 11.0. The van der Waals surface area contributed by atoms with E-state index in [0.717, 1.165) is 27.6 Å². The van der Waals surface area contributed by atoms with Crippen molar-refractivity contribution in [1.29, 1.82) is 0 Å². The van der Waals surface area contributed by atoms with E-state index in [4.69, 9.17) is 5.11 Å². The number of carbonyl (C=O) groups is 1. The number of hydrogen-bond donors (Lipinski definition) is 2. The Bertz CT molecular complexity index is 851. The lowest BCUT2D eigenvalue weighted by atomic mass is 10.1. The Balaban J connectivity index is 1.79. The van der Waals surface area contributed by atoms with Crippen molar-refractivity contribution in [3.63, 3.8) is 0 Å². The molecule has 7 heteroatoms. The molecule has 4 rings (SSSR count). The smallest absolute Gasteiger partial charge is 0.407 e. The normalized spacial score (nSPS) is 15.6. The van der Waals surface area contributed by atoms with Crippen LogP contribution in [0.4, 0.5) is 10.5 Å². The number of aromatic nitrogens is 3. The van der Waals surface area contributed by atoms with E-state index in [0.29, 0.717) is 26.2 Å². The monoisotopic (exact) mass is 297 g/mol. The maximum Gasteiger partial charge on any atom is 0.407 e. The minimum absolute atomic E-state index is 0.517. The van der Waals surface area contributed by atoms with Crippen molar-refractivity contribution in [2.75, 3.05) is 31.1 Å². The van der Waals surface area contributed by atoms with Gasteiger partial charge in [0.15, 0.2) is 5.65 Å². The van der Waals surface area contributed by atoms with Gasteiger partial charge in [0.1, 0.15) is 0 Å².